The van der Waals surface area contributed by atoms with Crippen molar-refractivity contribution < 1.29 is 9.59 Å². The highest BCUT2D eigenvalue weighted by Gasteiger charge is 2.07. The van der Waals surface area contributed by atoms with Gasteiger partial charge in [-0.3, -0.25) is 14.3 Å². The van der Waals surface area contributed by atoms with Crippen molar-refractivity contribution in [1.29, 1.82) is 0 Å². The summed E-state index contributed by atoms with van der Waals surface area (Å²) in [4.78, 5) is 23.0. The second-order valence-corrected chi connectivity index (χ2v) is 3.92. The van der Waals surface area contributed by atoms with Crippen LogP contribution in [0.4, 0.5) is 5.69 Å². The summed E-state index contributed by atoms with van der Waals surface area (Å²) >= 11 is 0. The fraction of sp³-hybridized carbons (Fsp3) is 0.154. The highest BCUT2D eigenvalue weighted by Crippen LogP contribution is 2.08. The minimum Gasteiger partial charge on any atom is -0.358 e. The quantitative estimate of drug-likeness (QED) is 0.854. The molecule has 1 heterocycles. The van der Waals surface area contributed by atoms with Gasteiger partial charge in [0.05, 0.1) is 11.9 Å². The van der Waals surface area contributed by atoms with Crippen LogP contribution >= 0.6 is 0 Å². The lowest BCUT2D eigenvalue weighted by Crippen LogP contribution is -2.23. The number of benzene rings is 1. The maximum absolute atomic E-state index is 11.9. The third-order valence-corrected chi connectivity index (χ3v) is 2.51. The summed E-state index contributed by atoms with van der Waals surface area (Å²) in [5.74, 6) is -0.357. The molecule has 19 heavy (non-hydrogen) atoms. The molecule has 0 atom stereocenters. The molecule has 1 aromatic carbocycles. The summed E-state index contributed by atoms with van der Waals surface area (Å²) < 4.78 is 1.46. The molecule has 0 aliphatic rings. The van der Waals surface area contributed by atoms with Crippen LogP contribution in [0.15, 0.2) is 42.7 Å². The Bertz CT molecular complexity index is 577. The van der Waals surface area contributed by atoms with Gasteiger partial charge in [0.2, 0.25) is 5.91 Å². The Morgan fingerprint density at radius 2 is 2.00 bits per heavy atom. The maximum Gasteiger partial charge on any atom is 0.255 e. The largest absolute Gasteiger partial charge is 0.358 e. The van der Waals surface area contributed by atoms with Crippen molar-refractivity contribution in [2.24, 2.45) is 0 Å². The molecule has 6 nitrogen and oxygen atoms in total. The number of carbonyl (C=O) groups excluding carboxylic acids is 2. The van der Waals surface area contributed by atoms with E-state index in [1.165, 1.54) is 10.9 Å². The van der Waals surface area contributed by atoms with E-state index in [-0.39, 0.29) is 18.4 Å². The molecule has 1 aromatic heterocycles. The maximum atomic E-state index is 11.9. The van der Waals surface area contributed by atoms with Crippen molar-refractivity contribution in [3.05, 3.63) is 48.3 Å². The summed E-state index contributed by atoms with van der Waals surface area (Å²) in [5, 5.41) is 9.21. The molecule has 2 amide bonds. The van der Waals surface area contributed by atoms with Gasteiger partial charge in [0.25, 0.3) is 5.91 Å². The van der Waals surface area contributed by atoms with Gasteiger partial charge in [0, 0.05) is 18.8 Å². The molecule has 0 spiro atoms. The summed E-state index contributed by atoms with van der Waals surface area (Å²) in [5.41, 5.74) is 1.12. The van der Waals surface area contributed by atoms with Crippen molar-refractivity contribution in [2.75, 3.05) is 12.4 Å². The van der Waals surface area contributed by atoms with Crippen LogP contribution < -0.4 is 10.6 Å². The number of hydrogen-bond donors (Lipinski definition) is 2. The molecule has 0 radical (unpaired) electrons. The van der Waals surface area contributed by atoms with Gasteiger partial charge in [-0.05, 0) is 12.1 Å². The Morgan fingerprint density at radius 3 is 2.68 bits per heavy atom. The number of anilines is 1. The second-order valence-electron chi connectivity index (χ2n) is 3.92. The van der Waals surface area contributed by atoms with Crippen LogP contribution in [-0.4, -0.2) is 28.6 Å². The third-order valence-electron chi connectivity index (χ3n) is 2.51. The second kappa shape index (κ2) is 5.81. The van der Waals surface area contributed by atoms with E-state index in [1.807, 2.05) is 6.07 Å². The van der Waals surface area contributed by atoms with Crippen LogP contribution in [0, 0.1) is 0 Å². The van der Waals surface area contributed by atoms with Gasteiger partial charge in [-0.2, -0.15) is 5.10 Å². The Balaban J connectivity index is 2.00. The summed E-state index contributed by atoms with van der Waals surface area (Å²) in [6.07, 6.45) is 3.11. The first kappa shape index (κ1) is 12.8. The minimum atomic E-state index is -0.208. The van der Waals surface area contributed by atoms with E-state index in [2.05, 4.69) is 15.7 Å². The number of likely N-dealkylation sites (N-methyl/N-ethyl adjacent to an activating group) is 1. The van der Waals surface area contributed by atoms with E-state index in [0.29, 0.717) is 11.3 Å². The molecule has 0 unspecified atom stereocenters. The normalized spacial score (nSPS) is 9.95. The fourth-order valence-corrected chi connectivity index (χ4v) is 1.53. The van der Waals surface area contributed by atoms with Gasteiger partial charge in [-0.25, -0.2) is 0 Å². The van der Waals surface area contributed by atoms with Crippen molar-refractivity contribution in [1.82, 2.24) is 15.1 Å². The van der Waals surface area contributed by atoms with Crippen LogP contribution in [0.5, 0.6) is 0 Å². The van der Waals surface area contributed by atoms with Crippen LogP contribution in [0.3, 0.4) is 0 Å². The SMILES string of the molecule is CNC(=O)Cn1cc(NC(=O)c2ccccc2)cn1. The van der Waals surface area contributed by atoms with Crippen LogP contribution in [0.25, 0.3) is 0 Å². The standard InChI is InChI=1S/C13H14N4O2/c1-14-12(18)9-17-8-11(7-15-17)16-13(19)10-5-3-2-4-6-10/h2-8H,9H2,1H3,(H,14,18)(H,16,19). The lowest BCUT2D eigenvalue weighted by Gasteiger charge is -2.02. The molecule has 98 valence electrons. The molecule has 0 aliphatic heterocycles. The monoisotopic (exact) mass is 258 g/mol. The van der Waals surface area contributed by atoms with Gasteiger partial charge in [-0.15, -0.1) is 0 Å². The molecule has 2 aromatic rings. The Hall–Kier alpha value is -2.63. The molecular weight excluding hydrogens is 244 g/mol. The summed E-state index contributed by atoms with van der Waals surface area (Å²) in [6, 6.07) is 8.89. The van der Waals surface area contributed by atoms with E-state index in [9.17, 15) is 9.59 Å². The molecule has 0 saturated heterocycles. The minimum absolute atomic E-state index is 0.123. The zero-order chi connectivity index (χ0) is 13.7. The Kier molecular flexibility index (Phi) is 3.92. The Labute approximate surface area is 110 Å². The van der Waals surface area contributed by atoms with Gasteiger partial charge >= 0.3 is 0 Å². The topological polar surface area (TPSA) is 76.0 Å². The van der Waals surface area contributed by atoms with Gasteiger partial charge in [-0.1, -0.05) is 18.2 Å². The van der Waals surface area contributed by atoms with Gasteiger partial charge in [0.1, 0.15) is 6.54 Å². The molecule has 0 bridgehead atoms. The van der Waals surface area contributed by atoms with Gasteiger partial charge < -0.3 is 10.6 Å². The first-order chi connectivity index (χ1) is 9.19. The predicted octanol–water partition coefficient (Wildman–Crippen LogP) is 0.881. The summed E-state index contributed by atoms with van der Waals surface area (Å²) in [7, 11) is 1.56. The Morgan fingerprint density at radius 1 is 1.26 bits per heavy atom. The molecule has 0 saturated carbocycles. The lowest BCUT2D eigenvalue weighted by atomic mass is 10.2. The van der Waals surface area contributed by atoms with E-state index in [1.54, 1.807) is 37.5 Å². The van der Waals surface area contributed by atoms with E-state index in [0.717, 1.165) is 0 Å². The summed E-state index contributed by atoms with van der Waals surface area (Å²) in [6.45, 7) is 0.123. The highest BCUT2D eigenvalue weighted by molar-refractivity contribution is 6.04. The zero-order valence-corrected chi connectivity index (χ0v) is 10.5. The third kappa shape index (κ3) is 3.41. The molecule has 0 fully saturated rings. The number of rotatable bonds is 4. The number of nitrogens with one attached hydrogen (secondary N) is 2. The van der Waals surface area contributed by atoms with Crippen LogP contribution in [0.1, 0.15) is 10.4 Å². The van der Waals surface area contributed by atoms with E-state index < -0.39 is 0 Å². The number of hydrogen-bond acceptors (Lipinski definition) is 3. The van der Waals surface area contributed by atoms with Crippen molar-refractivity contribution in [2.45, 2.75) is 6.54 Å². The van der Waals surface area contributed by atoms with Crippen molar-refractivity contribution in [3.8, 4) is 0 Å². The number of aromatic nitrogens is 2. The molecule has 0 aliphatic carbocycles. The highest BCUT2D eigenvalue weighted by atomic mass is 16.2. The van der Waals surface area contributed by atoms with Crippen molar-refractivity contribution in [3.63, 3.8) is 0 Å². The van der Waals surface area contributed by atoms with Crippen LogP contribution in [0.2, 0.25) is 0 Å². The van der Waals surface area contributed by atoms with Crippen molar-refractivity contribution >= 4 is 17.5 Å². The predicted molar refractivity (Wildman–Crippen MR) is 70.7 cm³/mol. The average molecular weight is 258 g/mol. The smallest absolute Gasteiger partial charge is 0.255 e. The van der Waals surface area contributed by atoms with E-state index in [4.69, 9.17) is 0 Å². The van der Waals surface area contributed by atoms with Crippen LogP contribution in [-0.2, 0) is 11.3 Å². The first-order valence-electron chi connectivity index (χ1n) is 5.78. The lowest BCUT2D eigenvalue weighted by molar-refractivity contribution is -0.121. The number of amides is 2. The molecule has 2 N–H and O–H groups in total. The first-order valence-corrected chi connectivity index (χ1v) is 5.78. The van der Waals surface area contributed by atoms with E-state index >= 15 is 0 Å². The molecular formula is C13H14N4O2. The number of carbonyl (C=O) groups is 2. The zero-order valence-electron chi connectivity index (χ0n) is 10.5. The fourth-order valence-electron chi connectivity index (χ4n) is 1.53. The number of nitrogens with zero attached hydrogens (tertiary/aromatic N) is 2. The average Bonchev–Trinajstić information content (AvgIpc) is 2.86. The molecule has 2 rings (SSSR count). The van der Waals surface area contributed by atoms with Gasteiger partial charge in [0.15, 0.2) is 0 Å². The molecule has 6 heteroatoms.